The molecule has 0 saturated carbocycles. The molecule has 1 aliphatic rings. The van der Waals surface area contributed by atoms with E-state index in [0.29, 0.717) is 24.0 Å². The average molecular weight is 468 g/mol. The molecule has 1 aliphatic heterocycles. The van der Waals surface area contributed by atoms with Gasteiger partial charge in [0.1, 0.15) is 5.75 Å². The number of aryl methyl sites for hydroxylation is 2. The Labute approximate surface area is 197 Å². The van der Waals surface area contributed by atoms with Crippen LogP contribution in [0.2, 0.25) is 0 Å². The van der Waals surface area contributed by atoms with Crippen LogP contribution in [0.25, 0.3) is 10.9 Å². The molecule has 1 aromatic heterocycles. The predicted molar refractivity (Wildman–Crippen MR) is 132 cm³/mol. The van der Waals surface area contributed by atoms with Crippen molar-refractivity contribution in [1.29, 1.82) is 0 Å². The van der Waals surface area contributed by atoms with Crippen LogP contribution in [0.15, 0.2) is 53.6 Å². The van der Waals surface area contributed by atoms with E-state index in [2.05, 4.69) is 38.9 Å². The van der Waals surface area contributed by atoms with Gasteiger partial charge < -0.3 is 4.74 Å². The van der Waals surface area contributed by atoms with Crippen molar-refractivity contribution in [3.63, 3.8) is 0 Å². The predicted octanol–water partition coefficient (Wildman–Crippen LogP) is 4.44. The smallest absolute Gasteiger partial charge is 0.240 e. The molecule has 0 aliphatic carbocycles. The van der Waals surface area contributed by atoms with Gasteiger partial charge in [0.05, 0.1) is 17.0 Å². The van der Waals surface area contributed by atoms with Gasteiger partial charge in [0.2, 0.25) is 10.0 Å². The van der Waals surface area contributed by atoms with Gasteiger partial charge in [-0.05, 0) is 99.6 Å². The summed E-state index contributed by atoms with van der Waals surface area (Å²) >= 11 is 0. The van der Waals surface area contributed by atoms with E-state index >= 15 is 0 Å². The fraction of sp³-hybridized carbons (Fsp3) is 0.423. The molecule has 0 radical (unpaired) electrons. The van der Waals surface area contributed by atoms with E-state index in [0.717, 1.165) is 54.9 Å². The minimum atomic E-state index is -3.54. The number of hydrogen-bond acceptors (Lipinski definition) is 5. The Morgan fingerprint density at radius 2 is 1.82 bits per heavy atom. The Balaban J connectivity index is 1.30. The normalized spacial score (nSPS) is 15.7. The Morgan fingerprint density at radius 1 is 1.09 bits per heavy atom. The monoisotopic (exact) mass is 467 g/mol. The number of fused-ring (bicyclic) bond motifs is 1. The maximum atomic E-state index is 12.9. The van der Waals surface area contributed by atoms with Crippen LogP contribution < -0.4 is 9.46 Å². The molecule has 0 spiro atoms. The molecule has 2 heterocycles. The first kappa shape index (κ1) is 23.7. The van der Waals surface area contributed by atoms with Gasteiger partial charge in [-0.3, -0.25) is 9.88 Å². The van der Waals surface area contributed by atoms with Crippen molar-refractivity contribution in [1.82, 2.24) is 14.6 Å². The van der Waals surface area contributed by atoms with Crippen molar-refractivity contribution in [2.45, 2.75) is 45.1 Å². The summed E-state index contributed by atoms with van der Waals surface area (Å²) in [7, 11) is -3.54. The number of aromatic nitrogens is 1. The molecule has 0 unspecified atom stereocenters. The van der Waals surface area contributed by atoms with Gasteiger partial charge in [0.15, 0.2) is 0 Å². The van der Waals surface area contributed by atoms with Crippen LogP contribution in [0.3, 0.4) is 0 Å². The minimum Gasteiger partial charge on any atom is -0.493 e. The molecule has 2 aromatic carbocycles. The number of likely N-dealkylation sites (tertiary alicyclic amines) is 1. The SMILES string of the molecule is CCOc1c(C)cc(S(=O)(=O)NCC2CCN(Cc3ccc4ncccc4c3)CC2)cc1C. The zero-order valence-corrected chi connectivity index (χ0v) is 20.5. The van der Waals surface area contributed by atoms with E-state index in [1.807, 2.05) is 33.0 Å². The summed E-state index contributed by atoms with van der Waals surface area (Å²) in [4.78, 5) is 7.14. The fourth-order valence-electron chi connectivity index (χ4n) is 4.58. The van der Waals surface area contributed by atoms with E-state index in [4.69, 9.17) is 4.74 Å². The van der Waals surface area contributed by atoms with Crippen LogP contribution in [0.5, 0.6) is 5.75 Å². The first-order chi connectivity index (χ1) is 15.9. The molecule has 176 valence electrons. The number of ether oxygens (including phenoxy) is 1. The minimum absolute atomic E-state index is 0.309. The molecule has 33 heavy (non-hydrogen) atoms. The number of rotatable bonds is 8. The lowest BCUT2D eigenvalue weighted by atomic mass is 9.96. The molecule has 1 N–H and O–H groups in total. The molecular formula is C26H33N3O3S. The third-order valence-electron chi connectivity index (χ3n) is 6.38. The summed E-state index contributed by atoms with van der Waals surface area (Å²) in [5, 5.41) is 1.17. The van der Waals surface area contributed by atoms with Crippen molar-refractivity contribution < 1.29 is 13.2 Å². The molecule has 7 heteroatoms. The number of nitrogens with one attached hydrogen (secondary N) is 1. The van der Waals surface area contributed by atoms with Gasteiger partial charge in [-0.25, -0.2) is 13.1 Å². The summed E-state index contributed by atoms with van der Waals surface area (Å²) in [5.74, 6) is 1.12. The third kappa shape index (κ3) is 5.72. The zero-order valence-electron chi connectivity index (χ0n) is 19.7. The van der Waals surface area contributed by atoms with Crippen molar-refractivity contribution in [3.8, 4) is 5.75 Å². The van der Waals surface area contributed by atoms with Crippen molar-refractivity contribution in [2.75, 3.05) is 26.2 Å². The van der Waals surface area contributed by atoms with E-state index in [1.165, 1.54) is 10.9 Å². The summed E-state index contributed by atoms with van der Waals surface area (Å²) in [5.41, 5.74) is 3.99. The van der Waals surface area contributed by atoms with E-state index in [1.54, 1.807) is 12.1 Å². The number of piperidine rings is 1. The number of sulfonamides is 1. The van der Waals surface area contributed by atoms with Crippen LogP contribution in [-0.4, -0.2) is 44.5 Å². The van der Waals surface area contributed by atoms with Crippen molar-refractivity contribution in [3.05, 3.63) is 65.4 Å². The Kier molecular flexibility index (Phi) is 7.32. The molecule has 0 amide bonds. The lowest BCUT2D eigenvalue weighted by Crippen LogP contribution is -2.38. The molecule has 3 aromatic rings. The number of pyridine rings is 1. The van der Waals surface area contributed by atoms with Crippen LogP contribution in [0, 0.1) is 19.8 Å². The van der Waals surface area contributed by atoms with Crippen LogP contribution in [0.4, 0.5) is 0 Å². The zero-order chi connectivity index (χ0) is 23.4. The van der Waals surface area contributed by atoms with Gasteiger partial charge in [0, 0.05) is 24.7 Å². The lowest BCUT2D eigenvalue weighted by molar-refractivity contribution is 0.178. The van der Waals surface area contributed by atoms with Gasteiger partial charge in [-0.1, -0.05) is 12.1 Å². The topological polar surface area (TPSA) is 71.5 Å². The van der Waals surface area contributed by atoms with Crippen molar-refractivity contribution in [2.24, 2.45) is 5.92 Å². The van der Waals surface area contributed by atoms with E-state index < -0.39 is 10.0 Å². The first-order valence-corrected chi connectivity index (χ1v) is 13.1. The summed E-state index contributed by atoms with van der Waals surface area (Å²) in [6.07, 6.45) is 3.79. The maximum Gasteiger partial charge on any atom is 0.240 e. The Bertz CT molecular complexity index is 1200. The molecule has 4 rings (SSSR count). The highest BCUT2D eigenvalue weighted by molar-refractivity contribution is 7.89. The second-order valence-electron chi connectivity index (χ2n) is 8.92. The largest absolute Gasteiger partial charge is 0.493 e. The van der Waals surface area contributed by atoms with Gasteiger partial charge in [-0.15, -0.1) is 0 Å². The molecule has 0 bridgehead atoms. The molecular weight excluding hydrogens is 434 g/mol. The highest BCUT2D eigenvalue weighted by atomic mass is 32.2. The molecule has 6 nitrogen and oxygen atoms in total. The van der Waals surface area contributed by atoms with Gasteiger partial charge in [-0.2, -0.15) is 0 Å². The Hall–Kier alpha value is -2.48. The maximum absolute atomic E-state index is 12.9. The lowest BCUT2D eigenvalue weighted by Gasteiger charge is -2.32. The number of hydrogen-bond donors (Lipinski definition) is 1. The Morgan fingerprint density at radius 3 is 2.52 bits per heavy atom. The fourth-order valence-corrected chi connectivity index (χ4v) is 5.86. The quantitative estimate of drug-likeness (QED) is 0.530. The summed E-state index contributed by atoms with van der Waals surface area (Å²) in [6.45, 7) is 9.59. The molecule has 1 saturated heterocycles. The first-order valence-electron chi connectivity index (χ1n) is 11.7. The standard InChI is InChI=1S/C26H33N3O3S/c1-4-32-26-19(2)14-24(15-20(26)3)33(30,31)28-17-21-9-12-29(13-10-21)18-22-7-8-25-23(16-22)6-5-11-27-25/h5-8,11,14-16,21,28H,4,9-10,12-13,17-18H2,1-3H3. The summed E-state index contributed by atoms with van der Waals surface area (Å²) < 4.78 is 34.3. The van der Waals surface area contributed by atoms with Crippen LogP contribution in [-0.2, 0) is 16.6 Å². The highest BCUT2D eigenvalue weighted by Gasteiger charge is 2.23. The number of benzene rings is 2. The second kappa shape index (κ2) is 10.2. The van der Waals surface area contributed by atoms with Crippen LogP contribution >= 0.6 is 0 Å². The average Bonchev–Trinajstić information content (AvgIpc) is 2.81. The molecule has 1 fully saturated rings. The number of nitrogens with zero attached hydrogens (tertiary/aromatic N) is 2. The molecule has 0 atom stereocenters. The van der Waals surface area contributed by atoms with Gasteiger partial charge in [0.25, 0.3) is 0 Å². The van der Waals surface area contributed by atoms with Gasteiger partial charge >= 0.3 is 0 Å². The third-order valence-corrected chi connectivity index (χ3v) is 7.78. The van der Waals surface area contributed by atoms with E-state index in [9.17, 15) is 8.42 Å². The van der Waals surface area contributed by atoms with E-state index in [-0.39, 0.29) is 0 Å². The van der Waals surface area contributed by atoms with Crippen molar-refractivity contribution >= 4 is 20.9 Å². The summed E-state index contributed by atoms with van der Waals surface area (Å²) in [6, 6.07) is 13.9. The highest BCUT2D eigenvalue weighted by Crippen LogP contribution is 2.27. The van der Waals surface area contributed by atoms with Crippen LogP contribution in [0.1, 0.15) is 36.5 Å². The second-order valence-corrected chi connectivity index (χ2v) is 10.7.